The molecule has 1 heterocycles. The van der Waals surface area contributed by atoms with Gasteiger partial charge in [0.1, 0.15) is 6.04 Å². The summed E-state index contributed by atoms with van der Waals surface area (Å²) in [6, 6.07) is 6.23. The number of carboxylic acid groups (broad SMARTS) is 1. The first-order valence-corrected chi connectivity index (χ1v) is 8.88. The van der Waals surface area contributed by atoms with Crippen LogP contribution in [-0.4, -0.2) is 69.1 Å². The molecule has 0 saturated carbocycles. The van der Waals surface area contributed by atoms with Gasteiger partial charge >= 0.3 is 5.97 Å². The lowest BCUT2D eigenvalue weighted by atomic mass is 10.1. The number of sulfonamides is 1. The van der Waals surface area contributed by atoms with Gasteiger partial charge in [-0.2, -0.15) is 0 Å². The van der Waals surface area contributed by atoms with Gasteiger partial charge in [-0.05, 0) is 45.3 Å². The van der Waals surface area contributed by atoms with Crippen LogP contribution in [0.1, 0.15) is 12.0 Å². The van der Waals surface area contributed by atoms with Crippen LogP contribution in [-0.2, 0) is 21.4 Å². The van der Waals surface area contributed by atoms with Crippen LogP contribution in [0.15, 0.2) is 29.2 Å². The number of aliphatic carboxylic acids is 1. The molecule has 2 rings (SSSR count). The molecule has 128 valence electrons. The van der Waals surface area contributed by atoms with Crippen molar-refractivity contribution in [1.82, 2.24) is 14.5 Å². The molecule has 1 aliphatic heterocycles. The Bertz CT molecular complexity index is 658. The molecule has 0 aliphatic carbocycles. The summed E-state index contributed by atoms with van der Waals surface area (Å²) in [5.41, 5.74) is 0.894. The Labute approximate surface area is 136 Å². The number of nitrogens with one attached hydrogen (secondary N) is 1. The first-order valence-electron chi connectivity index (χ1n) is 7.40. The van der Waals surface area contributed by atoms with Crippen molar-refractivity contribution in [2.45, 2.75) is 29.9 Å². The summed E-state index contributed by atoms with van der Waals surface area (Å²) in [5, 5.41) is 9.40. The Balaban J connectivity index is 2.13. The molecule has 0 amide bonds. The first kappa shape index (κ1) is 17.9. The van der Waals surface area contributed by atoms with E-state index in [0.717, 1.165) is 5.56 Å². The second kappa shape index (κ2) is 6.96. The van der Waals surface area contributed by atoms with Crippen LogP contribution >= 0.6 is 0 Å². The highest BCUT2D eigenvalue weighted by molar-refractivity contribution is 7.89. The largest absolute Gasteiger partial charge is 0.480 e. The van der Waals surface area contributed by atoms with Gasteiger partial charge in [-0.1, -0.05) is 12.1 Å². The molecular weight excluding hydrogens is 318 g/mol. The molecule has 0 aromatic heterocycles. The van der Waals surface area contributed by atoms with E-state index in [0.29, 0.717) is 19.5 Å². The van der Waals surface area contributed by atoms with Crippen molar-refractivity contribution in [1.29, 1.82) is 0 Å². The first-order chi connectivity index (χ1) is 10.7. The number of benzene rings is 1. The molecule has 2 N–H and O–H groups in total. The summed E-state index contributed by atoms with van der Waals surface area (Å²) >= 11 is 0. The van der Waals surface area contributed by atoms with Crippen LogP contribution in [0.4, 0.5) is 0 Å². The molecule has 2 atom stereocenters. The van der Waals surface area contributed by atoms with Crippen LogP contribution in [0.25, 0.3) is 0 Å². The molecule has 7 nitrogen and oxygen atoms in total. The molecule has 0 bridgehead atoms. The Morgan fingerprint density at radius 3 is 2.43 bits per heavy atom. The van der Waals surface area contributed by atoms with Crippen molar-refractivity contribution in [3.8, 4) is 0 Å². The summed E-state index contributed by atoms with van der Waals surface area (Å²) in [6.07, 6.45) is 0.592. The predicted octanol–water partition coefficient (Wildman–Crippen LogP) is 0.184. The van der Waals surface area contributed by atoms with Gasteiger partial charge in [-0.3, -0.25) is 9.69 Å². The third-order valence-corrected chi connectivity index (χ3v) is 5.71. The number of hydrogen-bond acceptors (Lipinski definition) is 5. The van der Waals surface area contributed by atoms with Gasteiger partial charge in [0.2, 0.25) is 10.0 Å². The standard InChI is InChI=1S/C15H23N3O4S/c1-16-23(21,22)13-6-4-11(5-7-13)9-18-10-12(17(2)3)8-14(18)15(19)20/h4-7,12,14,16H,8-10H2,1-3H3,(H,19,20). The van der Waals surface area contributed by atoms with Crippen molar-refractivity contribution in [2.24, 2.45) is 0 Å². The molecule has 1 fully saturated rings. The summed E-state index contributed by atoms with van der Waals surface area (Å²) in [6.45, 7) is 1.17. The van der Waals surface area contributed by atoms with Crippen LogP contribution in [0.5, 0.6) is 0 Å². The molecule has 23 heavy (non-hydrogen) atoms. The van der Waals surface area contributed by atoms with Gasteiger partial charge in [0.05, 0.1) is 4.90 Å². The van der Waals surface area contributed by atoms with Gasteiger partial charge in [-0.15, -0.1) is 0 Å². The van der Waals surface area contributed by atoms with E-state index in [1.54, 1.807) is 12.1 Å². The second-order valence-corrected chi connectivity index (χ2v) is 7.87. The van der Waals surface area contributed by atoms with Crippen molar-refractivity contribution in [3.63, 3.8) is 0 Å². The topological polar surface area (TPSA) is 90.0 Å². The number of hydrogen-bond donors (Lipinski definition) is 2. The van der Waals surface area contributed by atoms with E-state index in [-0.39, 0.29) is 10.9 Å². The van der Waals surface area contributed by atoms with Gasteiger partial charge in [0.25, 0.3) is 0 Å². The highest BCUT2D eigenvalue weighted by Crippen LogP contribution is 2.23. The van der Waals surface area contributed by atoms with E-state index in [1.165, 1.54) is 19.2 Å². The summed E-state index contributed by atoms with van der Waals surface area (Å²) < 4.78 is 25.7. The number of carbonyl (C=O) groups is 1. The molecular formula is C15H23N3O4S. The highest BCUT2D eigenvalue weighted by Gasteiger charge is 2.37. The van der Waals surface area contributed by atoms with E-state index in [4.69, 9.17) is 0 Å². The van der Waals surface area contributed by atoms with Crippen molar-refractivity contribution in [2.75, 3.05) is 27.7 Å². The zero-order chi connectivity index (χ0) is 17.2. The minimum atomic E-state index is -3.45. The molecule has 2 unspecified atom stereocenters. The molecule has 0 radical (unpaired) electrons. The maximum absolute atomic E-state index is 11.7. The maximum Gasteiger partial charge on any atom is 0.320 e. The van der Waals surface area contributed by atoms with E-state index in [2.05, 4.69) is 4.72 Å². The lowest BCUT2D eigenvalue weighted by Crippen LogP contribution is -2.35. The fourth-order valence-electron chi connectivity index (χ4n) is 2.81. The fourth-order valence-corrected chi connectivity index (χ4v) is 3.54. The quantitative estimate of drug-likeness (QED) is 0.767. The zero-order valence-electron chi connectivity index (χ0n) is 13.6. The second-order valence-electron chi connectivity index (χ2n) is 5.99. The van der Waals surface area contributed by atoms with Gasteiger partial charge in [0.15, 0.2) is 0 Å². The number of carboxylic acids is 1. The van der Waals surface area contributed by atoms with E-state index < -0.39 is 22.0 Å². The van der Waals surface area contributed by atoms with Gasteiger partial charge < -0.3 is 10.0 Å². The van der Waals surface area contributed by atoms with Crippen LogP contribution < -0.4 is 4.72 Å². The number of nitrogens with zero attached hydrogens (tertiary/aromatic N) is 2. The van der Waals surface area contributed by atoms with E-state index >= 15 is 0 Å². The summed E-state index contributed by atoms with van der Waals surface area (Å²) in [5.74, 6) is -0.816. The molecule has 1 aromatic rings. The monoisotopic (exact) mass is 341 g/mol. The smallest absolute Gasteiger partial charge is 0.320 e. The Morgan fingerprint density at radius 2 is 1.96 bits per heavy atom. The minimum absolute atomic E-state index is 0.200. The van der Waals surface area contributed by atoms with E-state index in [1.807, 2.05) is 23.9 Å². The highest BCUT2D eigenvalue weighted by atomic mass is 32.2. The Kier molecular flexibility index (Phi) is 5.41. The fraction of sp³-hybridized carbons (Fsp3) is 0.533. The normalized spacial score (nSPS) is 22.6. The SMILES string of the molecule is CNS(=O)(=O)c1ccc(CN2CC(N(C)C)CC2C(=O)O)cc1. The summed E-state index contributed by atoms with van der Waals surface area (Å²) in [4.78, 5) is 15.6. The van der Waals surface area contributed by atoms with E-state index in [9.17, 15) is 18.3 Å². The average Bonchev–Trinajstić information content (AvgIpc) is 2.92. The third kappa shape index (κ3) is 4.08. The van der Waals surface area contributed by atoms with Crippen LogP contribution in [0, 0.1) is 0 Å². The van der Waals surface area contributed by atoms with Crippen molar-refractivity contribution in [3.05, 3.63) is 29.8 Å². The minimum Gasteiger partial charge on any atom is -0.480 e. The lowest BCUT2D eigenvalue weighted by molar-refractivity contribution is -0.142. The average molecular weight is 341 g/mol. The number of likely N-dealkylation sites (tertiary alicyclic amines) is 1. The predicted molar refractivity (Wildman–Crippen MR) is 86.6 cm³/mol. The lowest BCUT2D eigenvalue weighted by Gasteiger charge is -2.22. The van der Waals surface area contributed by atoms with Crippen molar-refractivity contribution < 1.29 is 18.3 Å². The molecule has 1 aliphatic rings. The maximum atomic E-state index is 11.7. The summed E-state index contributed by atoms with van der Waals surface area (Å²) in [7, 11) is 1.81. The Hall–Kier alpha value is -1.48. The third-order valence-electron chi connectivity index (χ3n) is 4.28. The van der Waals surface area contributed by atoms with Gasteiger partial charge in [-0.25, -0.2) is 13.1 Å². The molecule has 8 heteroatoms. The number of likely N-dealkylation sites (N-methyl/N-ethyl adjacent to an activating group) is 1. The van der Waals surface area contributed by atoms with Crippen molar-refractivity contribution >= 4 is 16.0 Å². The number of rotatable bonds is 6. The molecule has 1 saturated heterocycles. The zero-order valence-corrected chi connectivity index (χ0v) is 14.4. The molecule has 0 spiro atoms. The van der Waals surface area contributed by atoms with Gasteiger partial charge in [0, 0.05) is 19.1 Å². The van der Waals surface area contributed by atoms with Crippen LogP contribution in [0.3, 0.4) is 0 Å². The molecule has 1 aromatic carbocycles. The Morgan fingerprint density at radius 1 is 1.35 bits per heavy atom. The van der Waals surface area contributed by atoms with Crippen LogP contribution in [0.2, 0.25) is 0 Å².